The molecule has 0 aliphatic carbocycles. The molecule has 0 aliphatic rings. The Morgan fingerprint density at radius 3 is 2.11 bits per heavy atom. The van der Waals surface area contributed by atoms with Gasteiger partial charge in [-0.1, -0.05) is 48.0 Å². The third-order valence-corrected chi connectivity index (χ3v) is 9.29. The number of nitrogens with zero attached hydrogens (tertiary/aromatic N) is 3. The van der Waals surface area contributed by atoms with Crippen LogP contribution in [-0.4, -0.2) is 45.1 Å². The van der Waals surface area contributed by atoms with Crippen molar-refractivity contribution in [3.63, 3.8) is 0 Å². The lowest BCUT2D eigenvalue weighted by atomic mass is 10.2. The topological polar surface area (TPSA) is 120 Å². The number of hydrogen-bond donors (Lipinski definition) is 1. The number of aromatic nitrogens is 3. The van der Waals surface area contributed by atoms with Crippen LogP contribution in [0.1, 0.15) is 12.0 Å². The van der Waals surface area contributed by atoms with Crippen LogP contribution in [-0.2, 0) is 31.1 Å². The molecule has 0 amide bonds. The first-order chi connectivity index (χ1) is 18.2. The van der Waals surface area contributed by atoms with Crippen molar-refractivity contribution in [1.29, 1.82) is 0 Å². The van der Waals surface area contributed by atoms with Gasteiger partial charge in [0.25, 0.3) is 10.0 Å². The van der Waals surface area contributed by atoms with E-state index < -0.39 is 19.9 Å². The molecule has 5 rings (SSSR count). The zero-order chi connectivity index (χ0) is 26.9. The van der Waals surface area contributed by atoms with Gasteiger partial charge in [0.1, 0.15) is 16.2 Å². The molecule has 1 N–H and O–H groups in total. The quantitative estimate of drug-likeness (QED) is 0.267. The molecule has 196 valence electrons. The van der Waals surface area contributed by atoms with E-state index in [-0.39, 0.29) is 38.2 Å². The summed E-state index contributed by atoms with van der Waals surface area (Å²) in [7, 11) is -6.82. The lowest BCUT2D eigenvalue weighted by molar-refractivity contribution is 0.191. The van der Waals surface area contributed by atoms with Crippen molar-refractivity contribution in [3.8, 4) is 0 Å². The summed E-state index contributed by atoms with van der Waals surface area (Å²) in [4.78, 5) is 9.17. The van der Waals surface area contributed by atoms with Crippen LogP contribution in [0.2, 0.25) is 0 Å². The maximum atomic E-state index is 14.1. The molecular weight excluding hydrogens is 524 g/mol. The first-order valence-corrected chi connectivity index (χ1v) is 14.9. The van der Waals surface area contributed by atoms with Gasteiger partial charge in [-0.25, -0.2) is 26.8 Å². The third-order valence-electron chi connectivity index (χ3n) is 6.12. The van der Waals surface area contributed by atoms with Gasteiger partial charge in [0.2, 0.25) is 9.84 Å². The van der Waals surface area contributed by atoms with E-state index in [0.29, 0.717) is 24.1 Å². The van der Waals surface area contributed by atoms with Crippen molar-refractivity contribution in [1.82, 2.24) is 14.5 Å². The highest BCUT2D eigenvalue weighted by atomic mass is 32.2. The lowest BCUT2D eigenvalue weighted by Crippen LogP contribution is -2.18. The Balaban J connectivity index is 1.84. The van der Waals surface area contributed by atoms with Crippen molar-refractivity contribution in [3.05, 3.63) is 84.4 Å². The van der Waals surface area contributed by atoms with Gasteiger partial charge in [0.05, 0.1) is 20.8 Å². The van der Waals surface area contributed by atoms with Crippen LogP contribution in [0.3, 0.4) is 0 Å². The Kier molecular flexibility index (Phi) is 6.91. The molecule has 11 heteroatoms. The van der Waals surface area contributed by atoms with Crippen molar-refractivity contribution >= 4 is 47.9 Å². The Morgan fingerprint density at radius 1 is 0.816 bits per heavy atom. The number of para-hydroxylation sites is 2. The Hall–Kier alpha value is -3.80. The highest BCUT2D eigenvalue weighted by Gasteiger charge is 2.33. The molecule has 0 saturated carbocycles. The second kappa shape index (κ2) is 10.2. The largest absolute Gasteiger partial charge is 0.385 e. The van der Waals surface area contributed by atoms with Crippen LogP contribution in [0, 0.1) is 6.92 Å². The van der Waals surface area contributed by atoms with E-state index in [1.165, 1.54) is 24.3 Å². The van der Waals surface area contributed by atoms with Gasteiger partial charge in [0, 0.05) is 20.3 Å². The van der Waals surface area contributed by atoms with Gasteiger partial charge < -0.3 is 9.30 Å². The molecule has 5 aromatic rings. The van der Waals surface area contributed by atoms with Crippen LogP contribution in [0.5, 0.6) is 0 Å². The number of anilines is 1. The number of sulfonamides is 1. The summed E-state index contributed by atoms with van der Waals surface area (Å²) < 4.78 is 64.6. The molecule has 2 aromatic heterocycles. The summed E-state index contributed by atoms with van der Waals surface area (Å²) in [5.41, 5.74) is 2.29. The molecule has 9 nitrogen and oxygen atoms in total. The molecule has 0 radical (unpaired) electrons. The number of hydrogen-bond acceptors (Lipinski definition) is 7. The van der Waals surface area contributed by atoms with E-state index in [1.807, 2.05) is 13.0 Å². The summed E-state index contributed by atoms with van der Waals surface area (Å²) in [6.45, 7) is 2.48. The van der Waals surface area contributed by atoms with Crippen molar-refractivity contribution in [2.75, 3.05) is 18.4 Å². The van der Waals surface area contributed by atoms with Crippen molar-refractivity contribution in [2.24, 2.45) is 0 Å². The summed E-state index contributed by atoms with van der Waals surface area (Å²) >= 11 is 0. The molecule has 0 bridgehead atoms. The zero-order valence-corrected chi connectivity index (χ0v) is 22.5. The highest BCUT2D eigenvalue weighted by molar-refractivity contribution is 7.93. The van der Waals surface area contributed by atoms with Gasteiger partial charge >= 0.3 is 0 Å². The summed E-state index contributed by atoms with van der Waals surface area (Å²) in [6, 6.07) is 21.3. The fourth-order valence-corrected chi connectivity index (χ4v) is 6.94. The zero-order valence-electron chi connectivity index (χ0n) is 20.8. The first-order valence-electron chi connectivity index (χ1n) is 11.9. The lowest BCUT2D eigenvalue weighted by Gasteiger charge is -2.14. The number of methoxy groups -OCH3 is 1. The van der Waals surface area contributed by atoms with E-state index in [2.05, 4.69) is 9.71 Å². The van der Waals surface area contributed by atoms with Crippen LogP contribution < -0.4 is 4.72 Å². The SMILES string of the molecule is COCCCn1c(NS(=O)(=O)c2ccccc2)c(S(=O)(=O)c2ccc(C)cc2)c2nc3ccccc3nc21. The van der Waals surface area contributed by atoms with Crippen molar-refractivity contribution in [2.45, 2.75) is 34.6 Å². The van der Waals surface area contributed by atoms with Crippen LogP contribution in [0.25, 0.3) is 22.2 Å². The minimum atomic E-state index is -4.23. The number of benzene rings is 3. The third kappa shape index (κ3) is 4.75. The fraction of sp³-hybridized carbons (Fsp3) is 0.185. The summed E-state index contributed by atoms with van der Waals surface area (Å²) in [6.07, 6.45) is 0.485. The number of fused-ring (bicyclic) bond motifs is 2. The summed E-state index contributed by atoms with van der Waals surface area (Å²) in [5.74, 6) is -0.115. The van der Waals surface area contributed by atoms with Crippen LogP contribution >= 0.6 is 0 Å². The Bertz CT molecular complexity index is 1830. The minimum Gasteiger partial charge on any atom is -0.385 e. The molecule has 0 atom stereocenters. The Morgan fingerprint density at radius 2 is 1.45 bits per heavy atom. The molecule has 0 unspecified atom stereocenters. The number of nitrogens with one attached hydrogen (secondary N) is 1. The molecule has 0 fully saturated rings. The van der Waals surface area contributed by atoms with E-state index in [4.69, 9.17) is 9.72 Å². The van der Waals surface area contributed by atoms with Gasteiger partial charge in [-0.3, -0.25) is 4.72 Å². The van der Waals surface area contributed by atoms with E-state index >= 15 is 0 Å². The van der Waals surface area contributed by atoms with Gasteiger partial charge in [-0.2, -0.15) is 0 Å². The van der Waals surface area contributed by atoms with E-state index in [0.717, 1.165) is 5.56 Å². The molecule has 0 aliphatic heterocycles. The number of aryl methyl sites for hydroxylation is 2. The second-order valence-electron chi connectivity index (χ2n) is 8.80. The molecule has 3 aromatic carbocycles. The standard InChI is InChI=1S/C27H26N4O5S2/c1-19-13-15-20(16-14-19)37(32,33)25-24-26(29-23-12-7-6-11-22(23)28-24)31(17-8-18-36-2)27(25)30-38(34,35)21-9-4-3-5-10-21/h3-7,9-16,30H,8,17-18H2,1-2H3. The number of rotatable bonds is 9. The smallest absolute Gasteiger partial charge is 0.263 e. The first kappa shape index (κ1) is 25.8. The van der Waals surface area contributed by atoms with Gasteiger partial charge in [-0.15, -0.1) is 0 Å². The predicted molar refractivity (Wildman–Crippen MR) is 145 cm³/mol. The fourth-order valence-electron chi connectivity index (χ4n) is 4.23. The molecule has 38 heavy (non-hydrogen) atoms. The normalized spacial score (nSPS) is 12.3. The molecule has 0 saturated heterocycles. The monoisotopic (exact) mass is 550 g/mol. The van der Waals surface area contributed by atoms with Crippen LogP contribution in [0.4, 0.5) is 5.82 Å². The predicted octanol–water partition coefficient (Wildman–Crippen LogP) is 4.56. The molecule has 0 spiro atoms. The van der Waals surface area contributed by atoms with Crippen molar-refractivity contribution < 1.29 is 21.6 Å². The Labute approximate surface area is 221 Å². The average Bonchev–Trinajstić information content (AvgIpc) is 3.20. The van der Waals surface area contributed by atoms with E-state index in [9.17, 15) is 16.8 Å². The number of sulfone groups is 1. The molecular formula is C27H26N4O5S2. The second-order valence-corrected chi connectivity index (χ2v) is 12.4. The van der Waals surface area contributed by atoms with Crippen LogP contribution in [0.15, 0.2) is 93.5 Å². The highest BCUT2D eigenvalue weighted by Crippen LogP contribution is 2.38. The maximum Gasteiger partial charge on any atom is 0.263 e. The minimum absolute atomic E-state index is 0.00143. The van der Waals surface area contributed by atoms with E-state index in [1.54, 1.807) is 60.2 Å². The number of ether oxygens (including phenoxy) is 1. The van der Waals surface area contributed by atoms with Gasteiger partial charge in [-0.05, 0) is 49.7 Å². The molecule has 2 heterocycles. The average molecular weight is 551 g/mol. The van der Waals surface area contributed by atoms with Gasteiger partial charge in [0.15, 0.2) is 5.65 Å². The maximum absolute atomic E-state index is 14.1. The summed E-state index contributed by atoms with van der Waals surface area (Å²) in [5, 5.41) is 0.